The normalized spacial score (nSPS) is 11.2. The quantitative estimate of drug-likeness (QED) is 0.822. The molecule has 0 unspecified atom stereocenters. The first-order chi connectivity index (χ1) is 10.3. The van der Waals surface area contributed by atoms with Gasteiger partial charge in [0, 0.05) is 10.6 Å². The molecule has 116 valence electrons. The SMILES string of the molecule is Cc1ccc(S(=O)(=O)CNC(=S)c2ccc(Cl)cc2Cl)cc1. The molecule has 1 N–H and O–H groups in total. The van der Waals surface area contributed by atoms with Crippen LogP contribution in [0.25, 0.3) is 0 Å². The summed E-state index contributed by atoms with van der Waals surface area (Å²) in [4.78, 5) is 0.507. The van der Waals surface area contributed by atoms with Crippen LogP contribution in [0.1, 0.15) is 11.1 Å². The number of hydrogen-bond acceptors (Lipinski definition) is 3. The lowest BCUT2D eigenvalue weighted by Gasteiger charge is -2.11. The second-order valence-corrected chi connectivity index (χ2v) is 7.94. The van der Waals surface area contributed by atoms with Crippen molar-refractivity contribution in [3.63, 3.8) is 0 Å². The van der Waals surface area contributed by atoms with Gasteiger partial charge in [0.15, 0.2) is 9.84 Å². The van der Waals surface area contributed by atoms with E-state index < -0.39 is 9.84 Å². The van der Waals surface area contributed by atoms with Crippen LogP contribution in [0.5, 0.6) is 0 Å². The average molecular weight is 374 g/mol. The molecule has 0 aliphatic rings. The summed E-state index contributed by atoms with van der Waals surface area (Å²) in [5.41, 5.74) is 1.54. The van der Waals surface area contributed by atoms with Crippen LogP contribution in [0, 0.1) is 6.92 Å². The van der Waals surface area contributed by atoms with Crippen molar-refractivity contribution in [1.82, 2.24) is 5.32 Å². The molecule has 3 nitrogen and oxygen atoms in total. The van der Waals surface area contributed by atoms with E-state index in [0.717, 1.165) is 5.56 Å². The summed E-state index contributed by atoms with van der Waals surface area (Å²) in [5, 5.41) is 3.59. The minimum Gasteiger partial charge on any atom is -0.362 e. The van der Waals surface area contributed by atoms with Gasteiger partial charge < -0.3 is 5.32 Å². The minimum absolute atomic E-state index is 0.246. The summed E-state index contributed by atoms with van der Waals surface area (Å²) in [6, 6.07) is 11.5. The number of halogens is 2. The zero-order valence-corrected chi connectivity index (χ0v) is 14.8. The number of thiocarbonyl (C=S) groups is 1. The Hall–Kier alpha value is -1.14. The lowest BCUT2D eigenvalue weighted by atomic mass is 10.2. The summed E-state index contributed by atoms with van der Waals surface area (Å²) >= 11 is 17.1. The van der Waals surface area contributed by atoms with Crippen molar-refractivity contribution < 1.29 is 8.42 Å². The van der Waals surface area contributed by atoms with Gasteiger partial charge in [-0.25, -0.2) is 8.42 Å². The Bertz CT molecular complexity index is 803. The highest BCUT2D eigenvalue weighted by molar-refractivity contribution is 7.91. The van der Waals surface area contributed by atoms with Crippen LogP contribution >= 0.6 is 35.4 Å². The second-order valence-electron chi connectivity index (χ2n) is 4.70. The highest BCUT2D eigenvalue weighted by Gasteiger charge is 2.15. The van der Waals surface area contributed by atoms with Crippen LogP contribution in [0.4, 0.5) is 0 Å². The molecule has 2 aromatic rings. The fourth-order valence-electron chi connectivity index (χ4n) is 1.76. The van der Waals surface area contributed by atoms with Crippen molar-refractivity contribution >= 4 is 50.2 Å². The van der Waals surface area contributed by atoms with Gasteiger partial charge in [0.2, 0.25) is 0 Å². The van der Waals surface area contributed by atoms with E-state index in [1.165, 1.54) is 0 Å². The molecule has 2 aromatic carbocycles. The fourth-order valence-corrected chi connectivity index (χ4v) is 3.71. The topological polar surface area (TPSA) is 46.2 Å². The Morgan fingerprint density at radius 3 is 2.36 bits per heavy atom. The van der Waals surface area contributed by atoms with E-state index in [1.807, 2.05) is 6.92 Å². The highest BCUT2D eigenvalue weighted by atomic mass is 35.5. The van der Waals surface area contributed by atoms with Crippen LogP contribution < -0.4 is 5.32 Å². The zero-order valence-electron chi connectivity index (χ0n) is 11.6. The monoisotopic (exact) mass is 373 g/mol. The third kappa shape index (κ3) is 4.20. The van der Waals surface area contributed by atoms with Crippen molar-refractivity contribution in [2.75, 3.05) is 5.88 Å². The molecule has 0 aromatic heterocycles. The number of sulfone groups is 1. The van der Waals surface area contributed by atoms with Crippen molar-refractivity contribution in [3.05, 3.63) is 63.6 Å². The summed E-state index contributed by atoms with van der Waals surface area (Å²) in [5.74, 6) is -0.298. The number of nitrogens with one attached hydrogen (secondary N) is 1. The van der Waals surface area contributed by atoms with Crippen LogP contribution in [0.3, 0.4) is 0 Å². The fraction of sp³-hybridized carbons (Fsp3) is 0.133. The van der Waals surface area contributed by atoms with Crippen LogP contribution in [0.2, 0.25) is 10.0 Å². The van der Waals surface area contributed by atoms with E-state index in [9.17, 15) is 8.42 Å². The lowest BCUT2D eigenvalue weighted by Crippen LogP contribution is -2.29. The molecular weight excluding hydrogens is 361 g/mol. The second kappa shape index (κ2) is 6.96. The Balaban J connectivity index is 2.11. The third-order valence-electron chi connectivity index (χ3n) is 2.98. The van der Waals surface area contributed by atoms with Crippen LogP contribution in [0.15, 0.2) is 47.4 Å². The van der Waals surface area contributed by atoms with Crippen molar-refractivity contribution in [3.8, 4) is 0 Å². The summed E-state index contributed by atoms with van der Waals surface area (Å²) in [6.45, 7) is 1.90. The van der Waals surface area contributed by atoms with Crippen molar-refractivity contribution in [2.24, 2.45) is 0 Å². The van der Waals surface area contributed by atoms with E-state index >= 15 is 0 Å². The maximum Gasteiger partial charge on any atom is 0.196 e. The smallest absolute Gasteiger partial charge is 0.196 e. The number of benzene rings is 2. The standard InChI is InChI=1S/C15H13Cl2NO2S2/c1-10-2-5-12(6-3-10)22(19,20)9-18-15(21)13-7-4-11(16)8-14(13)17/h2-8H,9H2,1H3,(H,18,21). The van der Waals surface area contributed by atoms with Gasteiger partial charge in [0.25, 0.3) is 0 Å². The van der Waals surface area contributed by atoms with Gasteiger partial charge >= 0.3 is 0 Å². The molecular formula is C15H13Cl2NO2S2. The van der Waals surface area contributed by atoms with E-state index in [0.29, 0.717) is 15.6 Å². The Morgan fingerprint density at radius 2 is 1.77 bits per heavy atom. The number of rotatable bonds is 4. The molecule has 0 saturated heterocycles. The summed E-state index contributed by atoms with van der Waals surface area (Å²) < 4.78 is 24.5. The molecule has 7 heteroatoms. The third-order valence-corrected chi connectivity index (χ3v) is 5.41. The van der Waals surface area contributed by atoms with E-state index in [2.05, 4.69) is 5.32 Å². The minimum atomic E-state index is -3.47. The Labute approximate surface area is 145 Å². The highest BCUT2D eigenvalue weighted by Crippen LogP contribution is 2.21. The van der Waals surface area contributed by atoms with Crippen LogP contribution in [-0.2, 0) is 9.84 Å². The molecule has 0 fully saturated rings. The molecule has 0 aliphatic heterocycles. The summed E-state index contributed by atoms with van der Waals surface area (Å²) in [7, 11) is -3.47. The molecule has 0 spiro atoms. The van der Waals surface area contributed by atoms with Gasteiger partial charge in [-0.05, 0) is 37.3 Å². The zero-order chi connectivity index (χ0) is 16.3. The molecule has 0 saturated carbocycles. The van der Waals surface area contributed by atoms with Gasteiger partial charge in [-0.1, -0.05) is 53.1 Å². The molecule has 0 heterocycles. The lowest BCUT2D eigenvalue weighted by molar-refractivity contribution is 0.594. The molecule has 0 radical (unpaired) electrons. The molecule has 2 rings (SSSR count). The molecule has 22 heavy (non-hydrogen) atoms. The van der Waals surface area contributed by atoms with Crippen molar-refractivity contribution in [2.45, 2.75) is 11.8 Å². The Kier molecular flexibility index (Phi) is 5.45. The van der Waals surface area contributed by atoms with Gasteiger partial charge in [-0.3, -0.25) is 0 Å². The summed E-state index contributed by atoms with van der Waals surface area (Å²) in [6.07, 6.45) is 0. The first kappa shape index (κ1) is 17.2. The average Bonchev–Trinajstić information content (AvgIpc) is 2.45. The molecule has 0 amide bonds. The van der Waals surface area contributed by atoms with Gasteiger partial charge in [-0.15, -0.1) is 0 Å². The molecule has 0 bridgehead atoms. The molecule has 0 atom stereocenters. The van der Waals surface area contributed by atoms with Gasteiger partial charge in [0.05, 0.1) is 9.92 Å². The maximum atomic E-state index is 12.2. The van der Waals surface area contributed by atoms with E-state index in [1.54, 1.807) is 42.5 Å². The van der Waals surface area contributed by atoms with Crippen LogP contribution in [-0.4, -0.2) is 19.3 Å². The predicted octanol–water partition coefficient (Wildman–Crippen LogP) is 4.00. The maximum absolute atomic E-state index is 12.2. The van der Waals surface area contributed by atoms with E-state index in [4.69, 9.17) is 35.4 Å². The first-order valence-corrected chi connectivity index (χ1v) is 9.14. The van der Waals surface area contributed by atoms with Gasteiger partial charge in [0.1, 0.15) is 10.9 Å². The Morgan fingerprint density at radius 1 is 1.14 bits per heavy atom. The largest absolute Gasteiger partial charge is 0.362 e. The molecule has 0 aliphatic carbocycles. The number of aryl methyl sites for hydroxylation is 1. The number of hydrogen-bond donors (Lipinski definition) is 1. The first-order valence-electron chi connectivity index (χ1n) is 6.32. The van der Waals surface area contributed by atoms with Crippen molar-refractivity contribution in [1.29, 1.82) is 0 Å². The van der Waals surface area contributed by atoms with E-state index in [-0.39, 0.29) is 15.8 Å². The van der Waals surface area contributed by atoms with Gasteiger partial charge in [-0.2, -0.15) is 0 Å². The predicted molar refractivity (Wildman–Crippen MR) is 94.5 cm³/mol.